The highest BCUT2D eigenvalue weighted by molar-refractivity contribution is 5.88. The molecule has 4 nitrogen and oxygen atoms in total. The van der Waals surface area contributed by atoms with Crippen LogP contribution in [0.25, 0.3) is 10.9 Å². The zero-order valence-corrected chi connectivity index (χ0v) is 12.2. The smallest absolute Gasteiger partial charge is 0.416 e. The number of hydrogen-bond acceptors (Lipinski definition) is 4. The Labute approximate surface area is 135 Å². The molecular weight excluding hydrogens is 319 g/mol. The first-order valence-corrected chi connectivity index (χ1v) is 6.98. The molecule has 0 saturated heterocycles. The van der Waals surface area contributed by atoms with Crippen LogP contribution >= 0.6 is 0 Å². The van der Waals surface area contributed by atoms with Gasteiger partial charge in [0.05, 0.1) is 23.2 Å². The Kier molecular flexibility index (Phi) is 4.07. The number of nitrogens with one attached hydrogen (secondary N) is 1. The van der Waals surface area contributed by atoms with Gasteiger partial charge in [-0.05, 0) is 30.3 Å². The molecule has 0 aliphatic heterocycles. The Hall–Kier alpha value is -3.09. The lowest BCUT2D eigenvalue weighted by Gasteiger charge is -2.08. The van der Waals surface area contributed by atoms with Crippen LogP contribution in [0.3, 0.4) is 0 Å². The molecule has 3 aromatic rings. The maximum atomic E-state index is 12.6. The molecule has 2 N–H and O–H groups in total. The lowest BCUT2D eigenvalue weighted by atomic mass is 10.2. The third kappa shape index (κ3) is 3.45. The number of rotatable bonds is 3. The molecule has 7 heteroatoms. The number of pyridine rings is 1. The van der Waals surface area contributed by atoms with E-state index in [1.165, 1.54) is 24.4 Å². The van der Waals surface area contributed by atoms with E-state index < -0.39 is 11.7 Å². The molecule has 0 unspecified atom stereocenters. The minimum atomic E-state index is -4.40. The van der Waals surface area contributed by atoms with Gasteiger partial charge in [-0.1, -0.05) is 24.3 Å². The number of alkyl halides is 3. The van der Waals surface area contributed by atoms with Crippen molar-refractivity contribution in [2.24, 2.45) is 5.10 Å². The average molecular weight is 331 g/mol. The molecule has 1 aromatic heterocycles. The van der Waals surface area contributed by atoms with Crippen molar-refractivity contribution in [2.75, 3.05) is 5.43 Å². The monoisotopic (exact) mass is 331 g/mol. The van der Waals surface area contributed by atoms with E-state index in [9.17, 15) is 18.3 Å². The van der Waals surface area contributed by atoms with Crippen molar-refractivity contribution in [2.45, 2.75) is 6.18 Å². The molecule has 1 heterocycles. The van der Waals surface area contributed by atoms with Gasteiger partial charge in [0.25, 0.3) is 0 Å². The van der Waals surface area contributed by atoms with Crippen LogP contribution in [0.2, 0.25) is 0 Å². The summed E-state index contributed by atoms with van der Waals surface area (Å²) in [5, 5.41) is 14.4. The minimum absolute atomic E-state index is 0.0496. The quantitative estimate of drug-likeness (QED) is 0.552. The van der Waals surface area contributed by atoms with Gasteiger partial charge in [-0.25, -0.2) is 4.98 Å². The highest BCUT2D eigenvalue weighted by atomic mass is 19.4. The minimum Gasteiger partial charge on any atom is -0.506 e. The summed E-state index contributed by atoms with van der Waals surface area (Å²) < 4.78 is 37.9. The van der Waals surface area contributed by atoms with Gasteiger partial charge in [0.1, 0.15) is 11.3 Å². The zero-order chi connectivity index (χ0) is 17.2. The molecule has 0 aliphatic rings. The normalized spacial score (nSPS) is 12.0. The molecule has 0 aliphatic carbocycles. The molecule has 0 bridgehead atoms. The number of hydrogen-bond donors (Lipinski definition) is 2. The van der Waals surface area contributed by atoms with E-state index in [0.717, 1.165) is 17.5 Å². The van der Waals surface area contributed by atoms with E-state index in [1.54, 1.807) is 18.2 Å². The third-order valence-electron chi connectivity index (χ3n) is 3.30. The lowest BCUT2D eigenvalue weighted by Crippen LogP contribution is -2.05. The van der Waals surface area contributed by atoms with E-state index in [1.807, 2.05) is 6.07 Å². The Morgan fingerprint density at radius 2 is 1.83 bits per heavy atom. The van der Waals surface area contributed by atoms with Gasteiger partial charge in [0.2, 0.25) is 0 Å². The molecule has 122 valence electrons. The Morgan fingerprint density at radius 3 is 2.62 bits per heavy atom. The van der Waals surface area contributed by atoms with Crippen LogP contribution in [0.4, 0.5) is 18.9 Å². The molecule has 0 fully saturated rings. The van der Waals surface area contributed by atoms with Gasteiger partial charge in [0, 0.05) is 5.39 Å². The summed E-state index contributed by atoms with van der Waals surface area (Å²) in [5.74, 6) is 0.0496. The summed E-state index contributed by atoms with van der Waals surface area (Å²) >= 11 is 0. The van der Waals surface area contributed by atoms with Gasteiger partial charge in [-0.3, -0.25) is 5.43 Å². The van der Waals surface area contributed by atoms with Crippen LogP contribution in [-0.2, 0) is 6.18 Å². The van der Waals surface area contributed by atoms with Gasteiger partial charge < -0.3 is 5.11 Å². The number of para-hydroxylation sites is 1. The fourth-order valence-corrected chi connectivity index (χ4v) is 2.16. The van der Waals surface area contributed by atoms with Gasteiger partial charge in [0.15, 0.2) is 0 Å². The van der Waals surface area contributed by atoms with Gasteiger partial charge >= 0.3 is 6.18 Å². The van der Waals surface area contributed by atoms with E-state index in [2.05, 4.69) is 15.5 Å². The second kappa shape index (κ2) is 6.19. The topological polar surface area (TPSA) is 57.5 Å². The summed E-state index contributed by atoms with van der Waals surface area (Å²) in [6.45, 7) is 0. The van der Waals surface area contributed by atoms with E-state index >= 15 is 0 Å². The molecule has 3 rings (SSSR count). The summed E-state index contributed by atoms with van der Waals surface area (Å²) in [6.07, 6.45) is -3.04. The second-order valence-electron chi connectivity index (χ2n) is 5.03. The fraction of sp³-hybridized carbons (Fsp3) is 0.0588. The number of fused-ring (bicyclic) bond motifs is 1. The summed E-state index contributed by atoms with van der Waals surface area (Å²) in [4.78, 5) is 4.24. The molecule has 0 saturated carbocycles. The number of halogens is 3. The number of phenols is 1. The van der Waals surface area contributed by atoms with Crippen LogP contribution in [0.5, 0.6) is 5.75 Å². The standard InChI is InChI=1S/C17H12F3N3O/c18-17(19,20)12-4-2-5-13(9-12)23-21-10-14-8-7-11-3-1-6-15(24)16(11)22-14/h1-10,23-24H/b21-10+. The molecular formula is C17H12F3N3O. The van der Waals surface area contributed by atoms with Crippen molar-refractivity contribution in [3.05, 3.63) is 65.9 Å². The first kappa shape index (κ1) is 15.8. The third-order valence-corrected chi connectivity index (χ3v) is 3.30. The Bertz CT molecular complexity index is 907. The number of aromatic nitrogens is 1. The van der Waals surface area contributed by atoms with Crippen molar-refractivity contribution in [3.8, 4) is 5.75 Å². The Morgan fingerprint density at radius 1 is 1.04 bits per heavy atom. The van der Waals surface area contributed by atoms with Crippen LogP contribution in [-0.4, -0.2) is 16.3 Å². The predicted molar refractivity (Wildman–Crippen MR) is 86.1 cm³/mol. The van der Waals surface area contributed by atoms with Crippen LogP contribution in [0.15, 0.2) is 59.7 Å². The van der Waals surface area contributed by atoms with E-state index in [4.69, 9.17) is 0 Å². The van der Waals surface area contributed by atoms with Crippen LogP contribution in [0.1, 0.15) is 11.3 Å². The summed E-state index contributed by atoms with van der Waals surface area (Å²) in [7, 11) is 0. The lowest BCUT2D eigenvalue weighted by molar-refractivity contribution is -0.137. The number of hydrazone groups is 1. The molecule has 0 radical (unpaired) electrons. The highest BCUT2D eigenvalue weighted by Crippen LogP contribution is 2.30. The SMILES string of the molecule is Oc1cccc2ccc(/C=N/Nc3cccc(C(F)(F)F)c3)nc12. The van der Waals surface area contributed by atoms with Gasteiger partial charge in [-0.15, -0.1) is 0 Å². The Balaban J connectivity index is 1.78. The van der Waals surface area contributed by atoms with Crippen molar-refractivity contribution in [1.29, 1.82) is 0 Å². The molecule has 0 spiro atoms. The summed E-state index contributed by atoms with van der Waals surface area (Å²) in [6, 6.07) is 13.2. The van der Waals surface area contributed by atoms with Gasteiger partial charge in [-0.2, -0.15) is 18.3 Å². The van der Waals surface area contributed by atoms with Crippen molar-refractivity contribution in [1.82, 2.24) is 4.98 Å². The van der Waals surface area contributed by atoms with E-state index in [-0.39, 0.29) is 11.4 Å². The number of nitrogens with zero attached hydrogens (tertiary/aromatic N) is 2. The average Bonchev–Trinajstić information content (AvgIpc) is 2.55. The fourth-order valence-electron chi connectivity index (χ4n) is 2.16. The van der Waals surface area contributed by atoms with Crippen molar-refractivity contribution < 1.29 is 18.3 Å². The number of benzene rings is 2. The maximum Gasteiger partial charge on any atom is 0.416 e. The van der Waals surface area contributed by atoms with E-state index in [0.29, 0.717) is 11.2 Å². The first-order chi connectivity index (χ1) is 11.4. The molecule has 24 heavy (non-hydrogen) atoms. The number of phenolic OH excluding ortho intramolecular Hbond substituents is 1. The van der Waals surface area contributed by atoms with Crippen LogP contribution < -0.4 is 5.43 Å². The van der Waals surface area contributed by atoms with Crippen LogP contribution in [0, 0.1) is 0 Å². The predicted octanol–water partition coefficient (Wildman–Crippen LogP) is 4.41. The second-order valence-corrected chi connectivity index (χ2v) is 5.03. The maximum absolute atomic E-state index is 12.6. The number of anilines is 1. The van der Waals surface area contributed by atoms with Crippen molar-refractivity contribution >= 4 is 22.8 Å². The zero-order valence-electron chi connectivity index (χ0n) is 12.2. The summed E-state index contributed by atoms with van der Waals surface area (Å²) in [5.41, 5.74) is 2.89. The molecule has 2 aromatic carbocycles. The molecule has 0 amide bonds. The largest absolute Gasteiger partial charge is 0.506 e. The first-order valence-electron chi connectivity index (χ1n) is 6.98. The highest BCUT2D eigenvalue weighted by Gasteiger charge is 2.30. The van der Waals surface area contributed by atoms with Crippen molar-refractivity contribution in [3.63, 3.8) is 0 Å². The number of aromatic hydroxyl groups is 1. The molecule has 0 atom stereocenters.